The summed E-state index contributed by atoms with van der Waals surface area (Å²) in [6.45, 7) is 4.34. The van der Waals surface area contributed by atoms with Crippen LogP contribution < -0.4 is 5.32 Å². The molecule has 3 rings (SSSR count). The van der Waals surface area contributed by atoms with Crippen LogP contribution in [-0.4, -0.2) is 83.9 Å². The summed E-state index contributed by atoms with van der Waals surface area (Å²) in [7, 11) is 1.65. The summed E-state index contributed by atoms with van der Waals surface area (Å²) < 4.78 is 7.08. The van der Waals surface area contributed by atoms with Gasteiger partial charge in [-0.3, -0.25) is 19.2 Å². The molecule has 1 aromatic rings. The van der Waals surface area contributed by atoms with Gasteiger partial charge in [0, 0.05) is 64.9 Å². The van der Waals surface area contributed by atoms with Crippen LogP contribution in [0.4, 0.5) is 0 Å². The first-order valence-electron chi connectivity index (χ1n) is 8.96. The molecular formula is C17H27N5O3. The third kappa shape index (κ3) is 4.58. The van der Waals surface area contributed by atoms with E-state index in [-0.39, 0.29) is 24.3 Å². The average Bonchev–Trinajstić information content (AvgIpc) is 3.04. The van der Waals surface area contributed by atoms with Crippen molar-refractivity contribution in [3.63, 3.8) is 0 Å². The van der Waals surface area contributed by atoms with Crippen molar-refractivity contribution in [2.45, 2.75) is 25.4 Å². The van der Waals surface area contributed by atoms with Gasteiger partial charge in [0.25, 0.3) is 0 Å². The lowest BCUT2D eigenvalue weighted by Gasteiger charge is -2.34. The molecule has 0 aliphatic carbocycles. The van der Waals surface area contributed by atoms with Crippen molar-refractivity contribution in [2.75, 3.05) is 46.4 Å². The fraction of sp³-hybridized carbons (Fsp3) is 0.706. The number of aromatic nitrogens is 2. The number of rotatable bonds is 4. The van der Waals surface area contributed by atoms with Crippen LogP contribution in [0.2, 0.25) is 0 Å². The Kier molecular flexibility index (Phi) is 6.04. The average molecular weight is 349 g/mol. The number of carbonyl (C=O) groups excluding carboxylic acids is 2. The number of hydrogen-bond acceptors (Lipinski definition) is 5. The molecule has 0 saturated carbocycles. The maximum Gasteiger partial charge on any atom is 0.244 e. The zero-order valence-electron chi connectivity index (χ0n) is 14.8. The van der Waals surface area contributed by atoms with Crippen LogP contribution in [0.5, 0.6) is 0 Å². The number of hydrogen-bond donors (Lipinski definition) is 1. The topological polar surface area (TPSA) is 79.7 Å². The van der Waals surface area contributed by atoms with Crippen molar-refractivity contribution >= 4 is 11.8 Å². The van der Waals surface area contributed by atoms with E-state index in [9.17, 15) is 9.59 Å². The Hall–Kier alpha value is -1.93. The predicted octanol–water partition coefficient (Wildman–Crippen LogP) is -0.431. The largest absolute Gasteiger partial charge is 0.381 e. The van der Waals surface area contributed by atoms with Crippen LogP contribution in [0.1, 0.15) is 12.8 Å². The lowest BCUT2D eigenvalue weighted by Crippen LogP contribution is -2.45. The van der Waals surface area contributed by atoms with Crippen molar-refractivity contribution in [1.29, 1.82) is 0 Å². The molecule has 2 fully saturated rings. The summed E-state index contributed by atoms with van der Waals surface area (Å²) in [5, 5.41) is 6.84. The Morgan fingerprint density at radius 1 is 1.24 bits per heavy atom. The first kappa shape index (κ1) is 17.9. The minimum atomic E-state index is -0.211. The van der Waals surface area contributed by atoms with Crippen molar-refractivity contribution in [2.24, 2.45) is 5.92 Å². The summed E-state index contributed by atoms with van der Waals surface area (Å²) >= 11 is 0. The standard InChI is InChI=1S/C17H27N5O3/c1-18-17(24)14-11-20(15-3-9-25-10-4-15)7-8-21(12-14)16(23)13-22-6-2-5-19-22/h2,5-6,14-15H,3-4,7-13H2,1H3,(H,18,24)/t14-/m0/s1. The van der Waals surface area contributed by atoms with Gasteiger partial charge in [0.1, 0.15) is 6.54 Å². The highest BCUT2D eigenvalue weighted by molar-refractivity contribution is 5.81. The van der Waals surface area contributed by atoms with Crippen molar-refractivity contribution in [3.8, 4) is 0 Å². The summed E-state index contributed by atoms with van der Waals surface area (Å²) in [5.41, 5.74) is 0. The summed E-state index contributed by atoms with van der Waals surface area (Å²) in [6.07, 6.45) is 5.42. The third-order valence-corrected chi connectivity index (χ3v) is 5.09. The lowest BCUT2D eigenvalue weighted by molar-refractivity contribution is -0.133. The summed E-state index contributed by atoms with van der Waals surface area (Å²) in [5.74, 6) is -0.209. The van der Waals surface area contributed by atoms with E-state index in [1.807, 2.05) is 0 Å². The number of carbonyl (C=O) groups is 2. The molecule has 8 heteroatoms. The molecule has 8 nitrogen and oxygen atoms in total. The number of nitrogens with zero attached hydrogens (tertiary/aromatic N) is 4. The first-order valence-corrected chi connectivity index (χ1v) is 8.96. The van der Waals surface area contributed by atoms with E-state index in [1.54, 1.807) is 35.1 Å². The van der Waals surface area contributed by atoms with E-state index in [0.717, 1.165) is 32.6 Å². The van der Waals surface area contributed by atoms with Gasteiger partial charge in [-0.1, -0.05) is 0 Å². The molecular weight excluding hydrogens is 322 g/mol. The van der Waals surface area contributed by atoms with Crippen LogP contribution in [0.3, 0.4) is 0 Å². The molecule has 25 heavy (non-hydrogen) atoms. The minimum Gasteiger partial charge on any atom is -0.381 e. The molecule has 0 unspecified atom stereocenters. The second-order valence-corrected chi connectivity index (χ2v) is 6.69. The number of amides is 2. The molecule has 2 aliphatic rings. The zero-order chi connectivity index (χ0) is 17.6. The molecule has 0 bridgehead atoms. The summed E-state index contributed by atoms with van der Waals surface area (Å²) in [4.78, 5) is 29.1. The van der Waals surface area contributed by atoms with E-state index in [4.69, 9.17) is 4.74 Å². The zero-order valence-corrected chi connectivity index (χ0v) is 14.8. The Labute approximate surface area is 148 Å². The highest BCUT2D eigenvalue weighted by Crippen LogP contribution is 2.19. The van der Waals surface area contributed by atoms with E-state index in [2.05, 4.69) is 15.3 Å². The van der Waals surface area contributed by atoms with Gasteiger partial charge in [0.15, 0.2) is 0 Å². The van der Waals surface area contributed by atoms with Gasteiger partial charge in [-0.15, -0.1) is 0 Å². The van der Waals surface area contributed by atoms with Crippen molar-refractivity contribution < 1.29 is 14.3 Å². The Morgan fingerprint density at radius 3 is 2.72 bits per heavy atom. The van der Waals surface area contributed by atoms with Crippen molar-refractivity contribution in [3.05, 3.63) is 18.5 Å². The number of nitrogens with one attached hydrogen (secondary N) is 1. The maximum atomic E-state index is 12.7. The molecule has 1 aromatic heterocycles. The monoisotopic (exact) mass is 349 g/mol. The lowest BCUT2D eigenvalue weighted by atomic mass is 10.0. The minimum absolute atomic E-state index is 0.00384. The van der Waals surface area contributed by atoms with Gasteiger partial charge in [-0.2, -0.15) is 5.10 Å². The smallest absolute Gasteiger partial charge is 0.244 e. The van der Waals surface area contributed by atoms with E-state index < -0.39 is 0 Å². The van der Waals surface area contributed by atoms with Gasteiger partial charge in [-0.05, 0) is 18.9 Å². The second kappa shape index (κ2) is 8.44. The molecule has 2 aliphatic heterocycles. The first-order chi connectivity index (χ1) is 12.2. The Morgan fingerprint density at radius 2 is 2.04 bits per heavy atom. The fourth-order valence-corrected chi connectivity index (χ4v) is 3.65. The van der Waals surface area contributed by atoms with Gasteiger partial charge in [0.05, 0.1) is 5.92 Å². The second-order valence-electron chi connectivity index (χ2n) is 6.69. The number of ether oxygens (including phenoxy) is 1. The molecule has 1 atom stereocenters. The van der Waals surface area contributed by atoms with Gasteiger partial charge < -0.3 is 15.0 Å². The molecule has 0 radical (unpaired) electrons. The van der Waals surface area contributed by atoms with Crippen LogP contribution >= 0.6 is 0 Å². The molecule has 2 amide bonds. The van der Waals surface area contributed by atoms with Gasteiger partial charge >= 0.3 is 0 Å². The highest BCUT2D eigenvalue weighted by atomic mass is 16.5. The third-order valence-electron chi connectivity index (χ3n) is 5.09. The summed E-state index contributed by atoms with van der Waals surface area (Å²) in [6, 6.07) is 2.23. The van der Waals surface area contributed by atoms with E-state index >= 15 is 0 Å². The van der Waals surface area contributed by atoms with Gasteiger partial charge in [-0.25, -0.2) is 0 Å². The fourth-order valence-electron chi connectivity index (χ4n) is 3.65. The maximum absolute atomic E-state index is 12.7. The molecule has 1 N–H and O–H groups in total. The van der Waals surface area contributed by atoms with Crippen LogP contribution in [0.25, 0.3) is 0 Å². The normalized spacial score (nSPS) is 23.2. The van der Waals surface area contributed by atoms with Crippen molar-refractivity contribution in [1.82, 2.24) is 24.9 Å². The van der Waals surface area contributed by atoms with Crippen LogP contribution in [0.15, 0.2) is 18.5 Å². The Bertz CT molecular complexity index is 571. The van der Waals surface area contributed by atoms with Crippen LogP contribution in [0, 0.1) is 5.92 Å². The SMILES string of the molecule is CNC(=O)[C@@H]1CN(C(=O)Cn2cccn2)CCN(C2CCOCC2)C1. The van der Waals surface area contributed by atoms with Gasteiger partial charge in [0.2, 0.25) is 11.8 Å². The molecule has 138 valence electrons. The highest BCUT2D eigenvalue weighted by Gasteiger charge is 2.33. The van der Waals surface area contributed by atoms with E-state index in [1.165, 1.54) is 0 Å². The molecule has 3 heterocycles. The van der Waals surface area contributed by atoms with Crippen LogP contribution in [-0.2, 0) is 20.9 Å². The quantitative estimate of drug-likeness (QED) is 0.798. The molecule has 0 aromatic carbocycles. The molecule has 0 spiro atoms. The Balaban J connectivity index is 1.68. The predicted molar refractivity (Wildman–Crippen MR) is 91.8 cm³/mol. The van der Waals surface area contributed by atoms with E-state index in [0.29, 0.717) is 25.7 Å². The molecule has 2 saturated heterocycles.